The van der Waals surface area contributed by atoms with Gasteiger partial charge in [-0.1, -0.05) is 29.8 Å². The first-order valence-corrected chi connectivity index (χ1v) is 6.92. The number of rotatable bonds is 3. The Hall–Kier alpha value is -1.65. The van der Waals surface area contributed by atoms with E-state index in [9.17, 15) is 4.39 Å². The van der Waals surface area contributed by atoms with Gasteiger partial charge in [0, 0.05) is 10.7 Å². The number of hydrogen-bond donors (Lipinski definition) is 2. The van der Waals surface area contributed by atoms with Gasteiger partial charge in [0.2, 0.25) is 0 Å². The van der Waals surface area contributed by atoms with Crippen molar-refractivity contribution in [1.82, 2.24) is 5.32 Å². The standard InChI is InChI=1S/C15H14ClFN2S/c1-10(11-5-7-13(17)8-6-11)18-15(20)19-14-4-2-3-12(16)9-14/h2-10H,1H3,(H2,18,19,20)/t10-/m1/s1. The molecule has 2 rings (SSSR count). The average molecular weight is 309 g/mol. The molecule has 0 aliphatic rings. The Kier molecular flexibility index (Phi) is 4.93. The highest BCUT2D eigenvalue weighted by Gasteiger charge is 2.07. The second kappa shape index (κ2) is 6.68. The van der Waals surface area contributed by atoms with Crippen molar-refractivity contribution in [2.24, 2.45) is 0 Å². The van der Waals surface area contributed by atoms with Crippen LogP contribution in [0.3, 0.4) is 0 Å². The minimum atomic E-state index is -0.249. The summed E-state index contributed by atoms with van der Waals surface area (Å²) in [4.78, 5) is 0. The normalized spacial score (nSPS) is 11.8. The Bertz CT molecular complexity index is 601. The van der Waals surface area contributed by atoms with Crippen molar-refractivity contribution >= 4 is 34.6 Å². The molecule has 0 fully saturated rings. The van der Waals surface area contributed by atoms with Crippen LogP contribution in [0.15, 0.2) is 48.5 Å². The van der Waals surface area contributed by atoms with E-state index in [1.165, 1.54) is 12.1 Å². The Morgan fingerprint density at radius 3 is 2.55 bits per heavy atom. The van der Waals surface area contributed by atoms with Gasteiger partial charge in [-0.25, -0.2) is 4.39 Å². The van der Waals surface area contributed by atoms with E-state index in [1.807, 2.05) is 19.1 Å². The number of nitrogens with one attached hydrogen (secondary N) is 2. The molecule has 0 unspecified atom stereocenters. The Balaban J connectivity index is 1.95. The van der Waals surface area contributed by atoms with Crippen LogP contribution in [0.25, 0.3) is 0 Å². The van der Waals surface area contributed by atoms with Crippen molar-refractivity contribution in [3.05, 3.63) is 64.9 Å². The van der Waals surface area contributed by atoms with E-state index in [-0.39, 0.29) is 11.9 Å². The Morgan fingerprint density at radius 1 is 1.20 bits per heavy atom. The van der Waals surface area contributed by atoms with Crippen LogP contribution in [-0.4, -0.2) is 5.11 Å². The van der Waals surface area contributed by atoms with Gasteiger partial charge in [0.15, 0.2) is 5.11 Å². The molecule has 0 saturated carbocycles. The SMILES string of the molecule is C[C@@H](NC(=S)Nc1cccc(Cl)c1)c1ccc(F)cc1. The molecule has 0 bridgehead atoms. The highest BCUT2D eigenvalue weighted by molar-refractivity contribution is 7.80. The summed E-state index contributed by atoms with van der Waals surface area (Å²) >= 11 is 11.1. The molecule has 0 radical (unpaired) electrons. The lowest BCUT2D eigenvalue weighted by Gasteiger charge is -2.17. The third-order valence-corrected chi connectivity index (χ3v) is 3.26. The molecule has 0 heterocycles. The second-order valence-corrected chi connectivity index (χ2v) is 5.23. The van der Waals surface area contributed by atoms with Crippen LogP contribution in [0, 0.1) is 5.82 Å². The predicted octanol–water partition coefficient (Wildman–Crippen LogP) is 4.53. The smallest absolute Gasteiger partial charge is 0.171 e. The fourth-order valence-electron chi connectivity index (χ4n) is 1.76. The van der Waals surface area contributed by atoms with Gasteiger partial charge in [-0.15, -0.1) is 0 Å². The third kappa shape index (κ3) is 4.18. The highest BCUT2D eigenvalue weighted by Crippen LogP contribution is 2.16. The molecule has 2 nitrogen and oxygen atoms in total. The molecule has 1 atom stereocenters. The van der Waals surface area contributed by atoms with E-state index in [0.29, 0.717) is 10.1 Å². The van der Waals surface area contributed by atoms with Gasteiger partial charge in [0.1, 0.15) is 5.82 Å². The van der Waals surface area contributed by atoms with Crippen LogP contribution in [0.4, 0.5) is 10.1 Å². The minimum Gasteiger partial charge on any atom is -0.356 e. The van der Waals surface area contributed by atoms with Crippen LogP contribution >= 0.6 is 23.8 Å². The highest BCUT2D eigenvalue weighted by atomic mass is 35.5. The minimum absolute atomic E-state index is 0.0187. The molecule has 2 aromatic rings. The van der Waals surface area contributed by atoms with Crippen molar-refractivity contribution in [3.8, 4) is 0 Å². The summed E-state index contributed by atoms with van der Waals surface area (Å²) in [7, 11) is 0. The maximum atomic E-state index is 12.9. The fraction of sp³-hybridized carbons (Fsp3) is 0.133. The number of benzene rings is 2. The summed E-state index contributed by atoms with van der Waals surface area (Å²) in [5, 5.41) is 7.33. The first-order valence-electron chi connectivity index (χ1n) is 6.13. The van der Waals surface area contributed by atoms with Crippen molar-refractivity contribution in [2.75, 3.05) is 5.32 Å². The first-order chi connectivity index (χ1) is 9.54. The zero-order chi connectivity index (χ0) is 14.5. The molecule has 0 aliphatic heterocycles. The molecule has 2 N–H and O–H groups in total. The molecule has 0 spiro atoms. The van der Waals surface area contributed by atoms with E-state index < -0.39 is 0 Å². The summed E-state index contributed by atoms with van der Waals surface area (Å²) in [5.74, 6) is -0.249. The summed E-state index contributed by atoms with van der Waals surface area (Å²) in [6.07, 6.45) is 0. The molecule has 5 heteroatoms. The maximum Gasteiger partial charge on any atom is 0.171 e. The van der Waals surface area contributed by atoms with Crippen LogP contribution in [0.5, 0.6) is 0 Å². The quantitative estimate of drug-likeness (QED) is 0.815. The van der Waals surface area contributed by atoms with E-state index >= 15 is 0 Å². The number of anilines is 1. The lowest BCUT2D eigenvalue weighted by atomic mass is 10.1. The topological polar surface area (TPSA) is 24.1 Å². The lowest BCUT2D eigenvalue weighted by Crippen LogP contribution is -2.30. The summed E-state index contributed by atoms with van der Waals surface area (Å²) in [5.41, 5.74) is 1.78. The second-order valence-electron chi connectivity index (χ2n) is 4.38. The van der Waals surface area contributed by atoms with Crippen LogP contribution in [0.2, 0.25) is 5.02 Å². The Morgan fingerprint density at radius 2 is 1.90 bits per heavy atom. The molecule has 20 heavy (non-hydrogen) atoms. The lowest BCUT2D eigenvalue weighted by molar-refractivity contribution is 0.624. The van der Waals surface area contributed by atoms with E-state index in [0.717, 1.165) is 11.3 Å². The summed E-state index contributed by atoms with van der Waals surface area (Å²) < 4.78 is 12.9. The van der Waals surface area contributed by atoms with Gasteiger partial charge in [-0.2, -0.15) is 0 Å². The molecule has 0 aliphatic carbocycles. The molecule has 2 aromatic carbocycles. The molecule has 0 aromatic heterocycles. The number of hydrogen-bond acceptors (Lipinski definition) is 1. The molecule has 0 amide bonds. The van der Waals surface area contributed by atoms with Gasteiger partial charge in [0.05, 0.1) is 6.04 Å². The Labute approximate surface area is 128 Å². The van der Waals surface area contributed by atoms with E-state index in [1.54, 1.807) is 24.3 Å². The van der Waals surface area contributed by atoms with Crippen LogP contribution in [-0.2, 0) is 0 Å². The van der Waals surface area contributed by atoms with Crippen LogP contribution in [0.1, 0.15) is 18.5 Å². The predicted molar refractivity (Wildman–Crippen MR) is 85.6 cm³/mol. The van der Waals surface area contributed by atoms with Crippen molar-refractivity contribution in [2.45, 2.75) is 13.0 Å². The van der Waals surface area contributed by atoms with Gasteiger partial charge in [-0.3, -0.25) is 0 Å². The van der Waals surface area contributed by atoms with Crippen molar-refractivity contribution in [3.63, 3.8) is 0 Å². The molecule has 0 saturated heterocycles. The van der Waals surface area contributed by atoms with Gasteiger partial charge in [-0.05, 0) is 55.0 Å². The first kappa shape index (κ1) is 14.8. The zero-order valence-corrected chi connectivity index (χ0v) is 12.4. The molecular formula is C15H14ClFN2S. The fourth-order valence-corrected chi connectivity index (χ4v) is 2.25. The van der Waals surface area contributed by atoms with Crippen molar-refractivity contribution in [1.29, 1.82) is 0 Å². The summed E-state index contributed by atoms with van der Waals surface area (Å²) in [6.45, 7) is 1.96. The van der Waals surface area contributed by atoms with Gasteiger partial charge in [0.25, 0.3) is 0 Å². The number of halogens is 2. The zero-order valence-electron chi connectivity index (χ0n) is 10.9. The van der Waals surface area contributed by atoms with E-state index in [2.05, 4.69) is 10.6 Å². The largest absolute Gasteiger partial charge is 0.356 e. The van der Waals surface area contributed by atoms with Gasteiger partial charge < -0.3 is 10.6 Å². The van der Waals surface area contributed by atoms with E-state index in [4.69, 9.17) is 23.8 Å². The monoisotopic (exact) mass is 308 g/mol. The summed E-state index contributed by atoms with van der Waals surface area (Å²) in [6, 6.07) is 13.6. The average Bonchev–Trinajstić information content (AvgIpc) is 2.39. The van der Waals surface area contributed by atoms with Gasteiger partial charge >= 0.3 is 0 Å². The maximum absolute atomic E-state index is 12.9. The molecule has 104 valence electrons. The number of thiocarbonyl (C=S) groups is 1. The third-order valence-electron chi connectivity index (χ3n) is 2.80. The van der Waals surface area contributed by atoms with Crippen LogP contribution < -0.4 is 10.6 Å². The molecular weight excluding hydrogens is 295 g/mol. The van der Waals surface area contributed by atoms with Crippen molar-refractivity contribution < 1.29 is 4.39 Å².